The van der Waals surface area contributed by atoms with Crippen LogP contribution in [0.15, 0.2) is 18.2 Å². The second-order valence-electron chi connectivity index (χ2n) is 7.08. The first kappa shape index (κ1) is 21.8. The molecule has 0 radical (unpaired) electrons. The maximum absolute atomic E-state index is 10.9. The lowest BCUT2D eigenvalue weighted by molar-refractivity contribution is -0.137. The second kappa shape index (κ2) is 9.75. The highest BCUT2D eigenvalue weighted by molar-refractivity contribution is 6.32. The fraction of sp³-hybridized carbons (Fsp3) is 0.429. The Bertz CT molecular complexity index is 1050. The van der Waals surface area contributed by atoms with Crippen molar-refractivity contribution in [2.24, 2.45) is 7.05 Å². The van der Waals surface area contributed by atoms with Crippen molar-refractivity contribution in [3.63, 3.8) is 0 Å². The molecule has 8 nitrogen and oxygen atoms in total. The number of benzene rings is 1. The summed E-state index contributed by atoms with van der Waals surface area (Å²) in [5, 5.41) is 17.5. The lowest BCUT2D eigenvalue weighted by Gasteiger charge is -2.11. The molecule has 0 amide bonds. The van der Waals surface area contributed by atoms with Gasteiger partial charge in [0.05, 0.1) is 17.8 Å². The Morgan fingerprint density at radius 2 is 2.10 bits per heavy atom. The number of anilines is 1. The van der Waals surface area contributed by atoms with E-state index in [9.17, 15) is 4.79 Å². The predicted molar refractivity (Wildman–Crippen MR) is 116 cm³/mol. The summed E-state index contributed by atoms with van der Waals surface area (Å²) < 4.78 is 7.00. The number of methoxy groups -OCH3 is 1. The summed E-state index contributed by atoms with van der Waals surface area (Å²) in [5.74, 6) is 1.10. The molecule has 2 heterocycles. The van der Waals surface area contributed by atoms with E-state index in [1.165, 1.54) is 0 Å². The number of hydrogen-bond donors (Lipinski definition) is 2. The fourth-order valence-corrected chi connectivity index (χ4v) is 3.61. The van der Waals surface area contributed by atoms with E-state index in [-0.39, 0.29) is 6.42 Å². The van der Waals surface area contributed by atoms with Crippen molar-refractivity contribution in [3.8, 4) is 5.75 Å². The average Bonchev–Trinajstić information content (AvgIpc) is 3.02. The molecule has 30 heavy (non-hydrogen) atoms. The maximum atomic E-state index is 10.9. The lowest BCUT2D eigenvalue weighted by atomic mass is 10.2. The van der Waals surface area contributed by atoms with E-state index in [2.05, 4.69) is 22.3 Å². The second-order valence-corrected chi connectivity index (χ2v) is 7.48. The number of carbonyl (C=O) groups is 1. The van der Waals surface area contributed by atoms with Crippen LogP contribution in [0.1, 0.15) is 43.3 Å². The molecule has 3 rings (SSSR count). The first-order valence-electron chi connectivity index (χ1n) is 9.93. The van der Waals surface area contributed by atoms with Gasteiger partial charge in [-0.2, -0.15) is 5.10 Å². The number of nitrogens with zero attached hydrogens (tertiary/aromatic N) is 4. The van der Waals surface area contributed by atoms with Gasteiger partial charge in [0.25, 0.3) is 0 Å². The van der Waals surface area contributed by atoms with Gasteiger partial charge in [0.15, 0.2) is 5.82 Å². The van der Waals surface area contributed by atoms with E-state index in [1.807, 2.05) is 25.2 Å². The molecule has 160 valence electrons. The molecule has 0 atom stereocenters. The Hall–Kier alpha value is -2.87. The summed E-state index contributed by atoms with van der Waals surface area (Å²) in [6, 6.07) is 5.62. The van der Waals surface area contributed by atoms with Crippen LogP contribution in [0.4, 0.5) is 5.82 Å². The third kappa shape index (κ3) is 4.99. The molecule has 0 saturated heterocycles. The van der Waals surface area contributed by atoms with E-state index in [1.54, 1.807) is 11.8 Å². The van der Waals surface area contributed by atoms with Crippen molar-refractivity contribution < 1.29 is 14.6 Å². The number of fused-ring (bicyclic) bond motifs is 1. The third-order valence-electron chi connectivity index (χ3n) is 4.75. The molecule has 0 bridgehead atoms. The third-order valence-corrected chi connectivity index (χ3v) is 5.05. The van der Waals surface area contributed by atoms with Crippen molar-refractivity contribution in [1.82, 2.24) is 19.7 Å². The number of carboxylic acid groups (broad SMARTS) is 1. The molecule has 0 unspecified atom stereocenters. The van der Waals surface area contributed by atoms with Gasteiger partial charge in [-0.15, -0.1) is 0 Å². The van der Waals surface area contributed by atoms with Gasteiger partial charge in [-0.25, -0.2) is 9.97 Å². The molecule has 0 fully saturated rings. The van der Waals surface area contributed by atoms with Gasteiger partial charge in [-0.1, -0.05) is 31.0 Å². The minimum absolute atomic E-state index is 0.0867. The zero-order valence-corrected chi connectivity index (χ0v) is 18.2. The van der Waals surface area contributed by atoms with Crippen LogP contribution in [0.5, 0.6) is 5.75 Å². The summed E-state index contributed by atoms with van der Waals surface area (Å²) in [7, 11) is 3.46. The van der Waals surface area contributed by atoms with Gasteiger partial charge in [0.1, 0.15) is 22.6 Å². The normalized spacial score (nSPS) is 11.1. The summed E-state index contributed by atoms with van der Waals surface area (Å²) in [6.45, 7) is 2.61. The summed E-state index contributed by atoms with van der Waals surface area (Å²) in [6.07, 6.45) is 2.83. The number of hydrogen-bond acceptors (Lipinski definition) is 6. The maximum Gasteiger partial charge on any atom is 0.303 e. The highest BCUT2D eigenvalue weighted by Crippen LogP contribution is 2.27. The molecule has 1 aromatic carbocycles. The number of aryl methyl sites for hydroxylation is 3. The average molecular weight is 432 g/mol. The van der Waals surface area contributed by atoms with Crippen LogP contribution in [-0.2, 0) is 31.2 Å². The first-order chi connectivity index (χ1) is 14.4. The standard InChI is InChI=1S/C21H26ClN5O3/c1-4-6-15-19-20(27(2)26-15)21(25-17(24-19)7-5-8-18(28)29)23-12-13-9-10-16(30-3)14(22)11-13/h9-11H,4-8,12H2,1-3H3,(H,28,29)(H,23,24,25). The highest BCUT2D eigenvalue weighted by atomic mass is 35.5. The Balaban J connectivity index is 1.92. The number of carboxylic acids is 1. The summed E-state index contributed by atoms with van der Waals surface area (Å²) in [4.78, 5) is 20.2. The zero-order valence-electron chi connectivity index (χ0n) is 17.4. The van der Waals surface area contributed by atoms with Crippen molar-refractivity contribution >= 4 is 34.4 Å². The number of nitrogens with one attached hydrogen (secondary N) is 1. The molecule has 0 aliphatic carbocycles. The molecule has 0 spiro atoms. The van der Waals surface area contributed by atoms with Crippen LogP contribution in [0.25, 0.3) is 11.0 Å². The zero-order chi connectivity index (χ0) is 21.7. The van der Waals surface area contributed by atoms with E-state index in [4.69, 9.17) is 26.4 Å². The molecule has 3 aromatic rings. The smallest absolute Gasteiger partial charge is 0.303 e. The number of rotatable bonds is 10. The summed E-state index contributed by atoms with van der Waals surface area (Å²) in [5.41, 5.74) is 3.55. The Morgan fingerprint density at radius 1 is 1.30 bits per heavy atom. The molecule has 0 saturated carbocycles. The van der Waals surface area contributed by atoms with Crippen LogP contribution in [0.3, 0.4) is 0 Å². The number of aromatic nitrogens is 4. The number of aliphatic carboxylic acids is 1. The lowest BCUT2D eigenvalue weighted by Crippen LogP contribution is -2.08. The molecule has 0 aliphatic heterocycles. The Kier molecular flexibility index (Phi) is 7.10. The van der Waals surface area contributed by atoms with Gasteiger partial charge >= 0.3 is 5.97 Å². The molecular formula is C21H26ClN5O3. The van der Waals surface area contributed by atoms with E-state index >= 15 is 0 Å². The van der Waals surface area contributed by atoms with E-state index in [0.717, 1.165) is 35.1 Å². The minimum atomic E-state index is -0.820. The largest absolute Gasteiger partial charge is 0.495 e. The molecule has 2 N–H and O–H groups in total. The van der Waals surface area contributed by atoms with Crippen LogP contribution in [-0.4, -0.2) is 37.9 Å². The Morgan fingerprint density at radius 3 is 2.77 bits per heavy atom. The van der Waals surface area contributed by atoms with Gasteiger partial charge < -0.3 is 15.2 Å². The van der Waals surface area contributed by atoms with Crippen LogP contribution >= 0.6 is 11.6 Å². The molecular weight excluding hydrogens is 406 g/mol. The Labute approximate surface area is 180 Å². The van der Waals surface area contributed by atoms with Crippen LogP contribution < -0.4 is 10.1 Å². The van der Waals surface area contributed by atoms with Crippen molar-refractivity contribution in [2.75, 3.05) is 12.4 Å². The quantitative estimate of drug-likeness (QED) is 0.500. The minimum Gasteiger partial charge on any atom is -0.495 e. The van der Waals surface area contributed by atoms with Gasteiger partial charge in [0, 0.05) is 26.4 Å². The molecule has 9 heteroatoms. The van der Waals surface area contributed by atoms with Crippen molar-refractivity contribution in [1.29, 1.82) is 0 Å². The highest BCUT2D eigenvalue weighted by Gasteiger charge is 2.17. The first-order valence-corrected chi connectivity index (χ1v) is 10.3. The number of ether oxygens (including phenoxy) is 1. The van der Waals surface area contributed by atoms with Crippen LogP contribution in [0.2, 0.25) is 5.02 Å². The number of halogens is 1. The monoisotopic (exact) mass is 431 g/mol. The van der Waals surface area contributed by atoms with E-state index < -0.39 is 5.97 Å². The van der Waals surface area contributed by atoms with Gasteiger partial charge in [-0.05, 0) is 30.5 Å². The SMILES string of the molecule is CCCc1nn(C)c2c(NCc3ccc(OC)c(Cl)c3)nc(CCCC(=O)O)nc12. The van der Waals surface area contributed by atoms with Crippen molar-refractivity contribution in [2.45, 2.75) is 45.6 Å². The topological polar surface area (TPSA) is 102 Å². The van der Waals surface area contributed by atoms with E-state index in [0.29, 0.717) is 41.8 Å². The predicted octanol–water partition coefficient (Wildman–Crippen LogP) is 4.00. The van der Waals surface area contributed by atoms with Crippen molar-refractivity contribution in [3.05, 3.63) is 40.3 Å². The molecule has 0 aliphatic rings. The molecule has 2 aromatic heterocycles. The summed E-state index contributed by atoms with van der Waals surface area (Å²) >= 11 is 6.24. The fourth-order valence-electron chi connectivity index (χ4n) is 3.33. The van der Waals surface area contributed by atoms with Gasteiger partial charge in [0.2, 0.25) is 0 Å². The van der Waals surface area contributed by atoms with Gasteiger partial charge in [-0.3, -0.25) is 9.48 Å². The van der Waals surface area contributed by atoms with Crippen LogP contribution in [0, 0.1) is 0 Å².